The first-order valence-electron chi connectivity index (χ1n) is 4.88. The minimum Gasteiger partial charge on any atom is -0.359 e. The number of hydrogen-bond donors (Lipinski definition) is 1. The van der Waals surface area contributed by atoms with Crippen LogP contribution in [0.15, 0.2) is 18.5 Å². The molecule has 2 rings (SSSR count). The molecular formula is C11H15FN3+. The minimum atomic E-state index is -0.304. The van der Waals surface area contributed by atoms with Gasteiger partial charge in [-0.2, -0.15) is 0 Å². The van der Waals surface area contributed by atoms with Crippen molar-refractivity contribution in [3.63, 3.8) is 0 Å². The summed E-state index contributed by atoms with van der Waals surface area (Å²) in [6.07, 6.45) is 3.16. The molecule has 3 nitrogen and oxygen atoms in total. The van der Waals surface area contributed by atoms with Crippen molar-refractivity contribution in [2.24, 2.45) is 0 Å². The van der Waals surface area contributed by atoms with Crippen LogP contribution in [-0.2, 0) is 6.54 Å². The molecule has 0 saturated heterocycles. The van der Waals surface area contributed by atoms with Crippen molar-refractivity contribution in [3.8, 4) is 0 Å². The van der Waals surface area contributed by atoms with Gasteiger partial charge in [0, 0.05) is 12.3 Å². The lowest BCUT2D eigenvalue weighted by Gasteiger charge is -2.23. The van der Waals surface area contributed by atoms with Crippen LogP contribution >= 0.6 is 0 Å². The third kappa shape index (κ3) is 2.15. The van der Waals surface area contributed by atoms with Crippen molar-refractivity contribution in [2.45, 2.75) is 6.54 Å². The summed E-state index contributed by atoms with van der Waals surface area (Å²) in [5, 5.41) is 0. The molecule has 0 atom stereocenters. The van der Waals surface area contributed by atoms with E-state index in [4.69, 9.17) is 0 Å². The normalized spacial score (nSPS) is 12.3. The summed E-state index contributed by atoms with van der Waals surface area (Å²) in [7, 11) is 6.34. The number of aromatic amines is 1. The molecule has 0 aliphatic rings. The van der Waals surface area contributed by atoms with Crippen LogP contribution < -0.4 is 0 Å². The van der Waals surface area contributed by atoms with Crippen LogP contribution in [0.25, 0.3) is 11.0 Å². The second kappa shape index (κ2) is 3.31. The summed E-state index contributed by atoms with van der Waals surface area (Å²) in [5.74, 6) is -0.304. The van der Waals surface area contributed by atoms with Crippen LogP contribution in [0.4, 0.5) is 4.39 Å². The Hall–Kier alpha value is -1.42. The highest BCUT2D eigenvalue weighted by atomic mass is 19.1. The predicted molar refractivity (Wildman–Crippen MR) is 57.8 cm³/mol. The van der Waals surface area contributed by atoms with Crippen molar-refractivity contribution in [1.82, 2.24) is 9.97 Å². The second-order valence-electron chi connectivity index (χ2n) is 4.81. The summed E-state index contributed by atoms with van der Waals surface area (Å²) in [6, 6.07) is 1.47. The third-order valence-corrected chi connectivity index (χ3v) is 2.21. The quantitative estimate of drug-likeness (QED) is 0.750. The SMILES string of the molecule is C[N+](C)(C)Cc1c[nH]c2cc(F)cnc12. The van der Waals surface area contributed by atoms with Crippen LogP contribution in [0.2, 0.25) is 0 Å². The van der Waals surface area contributed by atoms with Crippen molar-refractivity contribution in [1.29, 1.82) is 0 Å². The van der Waals surface area contributed by atoms with Crippen LogP contribution in [0.5, 0.6) is 0 Å². The zero-order valence-corrected chi connectivity index (χ0v) is 9.21. The predicted octanol–water partition coefficient (Wildman–Crippen LogP) is 1.91. The first-order chi connectivity index (χ1) is 6.96. The molecule has 2 aromatic heterocycles. The minimum absolute atomic E-state index is 0.304. The van der Waals surface area contributed by atoms with Gasteiger partial charge >= 0.3 is 0 Å². The highest BCUT2D eigenvalue weighted by Gasteiger charge is 2.13. The number of nitrogens with one attached hydrogen (secondary N) is 1. The van der Waals surface area contributed by atoms with Gasteiger partial charge in [0.05, 0.1) is 43.9 Å². The van der Waals surface area contributed by atoms with Gasteiger partial charge in [-0.15, -0.1) is 0 Å². The van der Waals surface area contributed by atoms with Crippen LogP contribution in [-0.4, -0.2) is 35.6 Å². The van der Waals surface area contributed by atoms with Gasteiger partial charge in [-0.1, -0.05) is 0 Å². The average Bonchev–Trinajstić information content (AvgIpc) is 2.45. The Bertz CT molecular complexity index is 482. The molecule has 0 aliphatic heterocycles. The second-order valence-corrected chi connectivity index (χ2v) is 4.81. The molecule has 2 aromatic rings. The Morgan fingerprint density at radius 3 is 2.80 bits per heavy atom. The van der Waals surface area contributed by atoms with E-state index in [-0.39, 0.29) is 5.82 Å². The van der Waals surface area contributed by atoms with Gasteiger partial charge in [0.2, 0.25) is 0 Å². The number of rotatable bonds is 2. The van der Waals surface area contributed by atoms with E-state index in [0.29, 0.717) is 0 Å². The molecule has 0 spiro atoms. The highest BCUT2D eigenvalue weighted by molar-refractivity contribution is 5.78. The molecule has 0 radical (unpaired) electrons. The first kappa shape index (κ1) is 10.1. The maximum absolute atomic E-state index is 12.9. The fourth-order valence-corrected chi connectivity index (χ4v) is 1.67. The summed E-state index contributed by atoms with van der Waals surface area (Å²) in [6.45, 7) is 0.874. The molecule has 0 unspecified atom stereocenters. The van der Waals surface area contributed by atoms with Crippen molar-refractivity contribution >= 4 is 11.0 Å². The molecule has 4 heteroatoms. The molecule has 1 N–H and O–H groups in total. The largest absolute Gasteiger partial charge is 0.359 e. The summed E-state index contributed by atoms with van der Waals surface area (Å²) < 4.78 is 13.7. The van der Waals surface area contributed by atoms with Crippen molar-refractivity contribution in [2.75, 3.05) is 21.1 Å². The van der Waals surface area contributed by atoms with E-state index in [1.165, 1.54) is 12.3 Å². The van der Waals surface area contributed by atoms with Crippen LogP contribution in [0.3, 0.4) is 0 Å². The first-order valence-corrected chi connectivity index (χ1v) is 4.88. The monoisotopic (exact) mass is 208 g/mol. The van der Waals surface area contributed by atoms with Crippen LogP contribution in [0, 0.1) is 5.82 Å². The van der Waals surface area contributed by atoms with E-state index < -0.39 is 0 Å². The molecule has 80 valence electrons. The van der Waals surface area contributed by atoms with E-state index in [9.17, 15) is 4.39 Å². The Kier molecular flexibility index (Phi) is 2.23. The zero-order valence-electron chi connectivity index (χ0n) is 9.21. The van der Waals surface area contributed by atoms with Gasteiger partial charge in [0.1, 0.15) is 12.4 Å². The molecule has 0 bridgehead atoms. The van der Waals surface area contributed by atoms with Gasteiger partial charge in [-0.05, 0) is 0 Å². The Morgan fingerprint density at radius 2 is 2.13 bits per heavy atom. The molecular weight excluding hydrogens is 193 g/mol. The molecule has 0 fully saturated rings. The number of halogens is 1. The maximum atomic E-state index is 12.9. The third-order valence-electron chi connectivity index (χ3n) is 2.21. The molecule has 0 amide bonds. The lowest BCUT2D eigenvalue weighted by atomic mass is 10.2. The number of fused-ring (bicyclic) bond motifs is 1. The Balaban J connectivity index is 2.45. The van der Waals surface area contributed by atoms with E-state index >= 15 is 0 Å². The Morgan fingerprint density at radius 1 is 1.40 bits per heavy atom. The number of aromatic nitrogens is 2. The van der Waals surface area contributed by atoms with E-state index in [1.54, 1.807) is 0 Å². The topological polar surface area (TPSA) is 28.7 Å². The number of hydrogen-bond acceptors (Lipinski definition) is 1. The lowest BCUT2D eigenvalue weighted by Crippen LogP contribution is -2.33. The summed E-state index contributed by atoms with van der Waals surface area (Å²) in [4.78, 5) is 7.15. The van der Waals surface area contributed by atoms with Gasteiger partial charge < -0.3 is 9.47 Å². The van der Waals surface area contributed by atoms with Gasteiger partial charge in [0.15, 0.2) is 0 Å². The van der Waals surface area contributed by atoms with Crippen molar-refractivity contribution < 1.29 is 8.87 Å². The molecule has 0 aliphatic carbocycles. The average molecular weight is 208 g/mol. The number of H-pyrrole nitrogens is 1. The van der Waals surface area contributed by atoms with E-state index in [1.807, 2.05) is 6.20 Å². The molecule has 0 aromatic carbocycles. The number of quaternary nitrogens is 1. The maximum Gasteiger partial charge on any atom is 0.143 e. The standard InChI is InChI=1S/C11H15FN3/c1-15(2,3)7-8-5-13-10-4-9(12)6-14-11(8)10/h4-6,13H,7H2,1-3H3/q+1. The lowest BCUT2D eigenvalue weighted by molar-refractivity contribution is -0.883. The van der Waals surface area contributed by atoms with E-state index in [2.05, 4.69) is 31.1 Å². The van der Waals surface area contributed by atoms with Gasteiger partial charge in [-0.25, -0.2) is 4.39 Å². The van der Waals surface area contributed by atoms with Crippen LogP contribution in [0.1, 0.15) is 5.56 Å². The van der Waals surface area contributed by atoms with E-state index in [0.717, 1.165) is 27.6 Å². The fourth-order valence-electron chi connectivity index (χ4n) is 1.67. The fraction of sp³-hybridized carbons (Fsp3) is 0.364. The van der Waals surface area contributed by atoms with Gasteiger partial charge in [0.25, 0.3) is 0 Å². The van der Waals surface area contributed by atoms with Gasteiger partial charge in [-0.3, -0.25) is 4.98 Å². The Labute approximate surface area is 88.1 Å². The number of nitrogens with zero attached hydrogens (tertiary/aromatic N) is 2. The number of pyridine rings is 1. The van der Waals surface area contributed by atoms with Crippen molar-refractivity contribution in [3.05, 3.63) is 29.8 Å². The molecule has 2 heterocycles. The summed E-state index contributed by atoms with van der Waals surface area (Å²) in [5.41, 5.74) is 2.75. The highest BCUT2D eigenvalue weighted by Crippen LogP contribution is 2.18. The smallest absolute Gasteiger partial charge is 0.143 e. The zero-order chi connectivity index (χ0) is 11.1. The molecule has 15 heavy (non-hydrogen) atoms. The molecule has 0 saturated carbocycles. The summed E-state index contributed by atoms with van der Waals surface area (Å²) >= 11 is 0.